The monoisotopic (exact) mass is 369 g/mol. The third kappa shape index (κ3) is 6.02. The Kier molecular flexibility index (Phi) is 7.28. The van der Waals surface area contributed by atoms with Crippen molar-refractivity contribution >= 4 is 5.91 Å². The minimum absolute atomic E-state index is 0.0496. The standard InChI is InChI=1S/C23H31NO3/c1-6-26-20-13-8-17(16-21(20)27-7-2)14-15-24-22(25)18-9-11-19(12-10-18)23(3,4)5/h8-13,16H,6-7,14-15H2,1-5H3,(H,24,25). The lowest BCUT2D eigenvalue weighted by Crippen LogP contribution is -2.25. The zero-order chi connectivity index (χ0) is 19.9. The molecule has 0 radical (unpaired) electrons. The molecule has 0 aliphatic rings. The largest absolute Gasteiger partial charge is 0.490 e. The van der Waals surface area contributed by atoms with Gasteiger partial charge in [0, 0.05) is 12.1 Å². The number of carbonyl (C=O) groups is 1. The first kappa shape index (κ1) is 20.8. The number of ether oxygens (including phenoxy) is 2. The van der Waals surface area contributed by atoms with Crippen LogP contribution in [-0.2, 0) is 11.8 Å². The van der Waals surface area contributed by atoms with Crippen molar-refractivity contribution in [1.82, 2.24) is 5.32 Å². The lowest BCUT2D eigenvalue weighted by atomic mass is 9.87. The lowest BCUT2D eigenvalue weighted by molar-refractivity contribution is 0.0954. The normalized spacial score (nSPS) is 11.1. The van der Waals surface area contributed by atoms with Crippen LogP contribution in [-0.4, -0.2) is 25.7 Å². The van der Waals surface area contributed by atoms with E-state index < -0.39 is 0 Å². The van der Waals surface area contributed by atoms with Crippen LogP contribution >= 0.6 is 0 Å². The maximum atomic E-state index is 12.3. The molecule has 0 spiro atoms. The molecule has 146 valence electrons. The van der Waals surface area contributed by atoms with Gasteiger partial charge in [0.25, 0.3) is 5.91 Å². The van der Waals surface area contributed by atoms with Crippen molar-refractivity contribution in [3.63, 3.8) is 0 Å². The number of hydrogen-bond donors (Lipinski definition) is 1. The topological polar surface area (TPSA) is 47.6 Å². The smallest absolute Gasteiger partial charge is 0.251 e. The van der Waals surface area contributed by atoms with Crippen molar-refractivity contribution in [1.29, 1.82) is 0 Å². The third-order valence-corrected chi connectivity index (χ3v) is 4.32. The SMILES string of the molecule is CCOc1ccc(CCNC(=O)c2ccc(C(C)(C)C)cc2)cc1OCC. The van der Waals surface area contributed by atoms with Crippen molar-refractivity contribution in [2.75, 3.05) is 19.8 Å². The van der Waals surface area contributed by atoms with Gasteiger partial charge in [-0.05, 0) is 61.1 Å². The van der Waals surface area contributed by atoms with Crippen molar-refractivity contribution in [2.45, 2.75) is 46.5 Å². The van der Waals surface area contributed by atoms with Gasteiger partial charge in [0.15, 0.2) is 11.5 Å². The van der Waals surface area contributed by atoms with Gasteiger partial charge in [-0.15, -0.1) is 0 Å². The van der Waals surface area contributed by atoms with Crippen LogP contribution in [0.4, 0.5) is 0 Å². The highest BCUT2D eigenvalue weighted by Crippen LogP contribution is 2.28. The van der Waals surface area contributed by atoms with Gasteiger partial charge in [-0.3, -0.25) is 4.79 Å². The van der Waals surface area contributed by atoms with E-state index in [1.54, 1.807) is 0 Å². The Balaban J connectivity index is 1.93. The van der Waals surface area contributed by atoms with Gasteiger partial charge in [-0.2, -0.15) is 0 Å². The average Bonchev–Trinajstić information content (AvgIpc) is 2.63. The molecule has 0 aromatic heterocycles. The molecule has 1 amide bonds. The second-order valence-corrected chi connectivity index (χ2v) is 7.48. The van der Waals surface area contributed by atoms with Crippen molar-refractivity contribution < 1.29 is 14.3 Å². The Morgan fingerprint density at radius 3 is 2.15 bits per heavy atom. The highest BCUT2D eigenvalue weighted by Gasteiger charge is 2.14. The molecule has 0 atom stereocenters. The molecule has 0 unspecified atom stereocenters. The number of nitrogens with one attached hydrogen (secondary N) is 1. The maximum Gasteiger partial charge on any atom is 0.251 e. The van der Waals surface area contributed by atoms with Crippen LogP contribution in [0.5, 0.6) is 11.5 Å². The van der Waals surface area contributed by atoms with E-state index in [2.05, 4.69) is 26.1 Å². The Morgan fingerprint density at radius 1 is 0.926 bits per heavy atom. The number of rotatable bonds is 8. The minimum atomic E-state index is -0.0496. The molecule has 0 bridgehead atoms. The zero-order valence-corrected chi connectivity index (χ0v) is 17.1. The summed E-state index contributed by atoms with van der Waals surface area (Å²) in [5, 5.41) is 2.99. The summed E-state index contributed by atoms with van der Waals surface area (Å²) < 4.78 is 11.2. The summed E-state index contributed by atoms with van der Waals surface area (Å²) in [7, 11) is 0. The molecule has 4 heteroatoms. The predicted molar refractivity (Wildman–Crippen MR) is 110 cm³/mol. The first-order valence-electron chi connectivity index (χ1n) is 9.62. The van der Waals surface area contributed by atoms with E-state index in [0.717, 1.165) is 23.5 Å². The van der Waals surface area contributed by atoms with Crippen molar-refractivity contribution in [2.24, 2.45) is 0 Å². The Labute approximate surface area is 162 Å². The van der Waals surface area contributed by atoms with E-state index in [4.69, 9.17) is 9.47 Å². The fourth-order valence-corrected chi connectivity index (χ4v) is 2.80. The summed E-state index contributed by atoms with van der Waals surface area (Å²) in [4.78, 5) is 12.3. The van der Waals surface area contributed by atoms with Crippen molar-refractivity contribution in [3.8, 4) is 11.5 Å². The molecule has 1 N–H and O–H groups in total. The van der Waals surface area contributed by atoms with Gasteiger partial charge in [0.2, 0.25) is 0 Å². The molecule has 0 saturated carbocycles. The molecule has 0 fully saturated rings. The number of carbonyl (C=O) groups excluding carboxylic acids is 1. The number of benzene rings is 2. The average molecular weight is 370 g/mol. The number of hydrogen-bond acceptors (Lipinski definition) is 3. The van der Waals surface area contributed by atoms with Gasteiger partial charge in [0.1, 0.15) is 0 Å². The van der Waals surface area contributed by atoms with E-state index >= 15 is 0 Å². The highest BCUT2D eigenvalue weighted by molar-refractivity contribution is 5.94. The molecule has 0 saturated heterocycles. The highest BCUT2D eigenvalue weighted by atomic mass is 16.5. The molecule has 0 aliphatic heterocycles. The summed E-state index contributed by atoms with van der Waals surface area (Å²) in [5.74, 6) is 1.46. The molecular weight excluding hydrogens is 338 g/mol. The molecular formula is C23H31NO3. The molecule has 2 aromatic carbocycles. The van der Waals surface area contributed by atoms with E-state index in [1.807, 2.05) is 56.3 Å². The van der Waals surface area contributed by atoms with Crippen LogP contribution < -0.4 is 14.8 Å². The summed E-state index contributed by atoms with van der Waals surface area (Å²) in [5.41, 5.74) is 3.09. The molecule has 0 heterocycles. The molecule has 27 heavy (non-hydrogen) atoms. The maximum absolute atomic E-state index is 12.3. The minimum Gasteiger partial charge on any atom is -0.490 e. The Morgan fingerprint density at radius 2 is 1.56 bits per heavy atom. The van der Waals surface area contributed by atoms with Crippen LogP contribution in [0.2, 0.25) is 0 Å². The molecule has 2 aromatic rings. The number of amides is 1. The summed E-state index contributed by atoms with van der Waals surface area (Å²) in [6.45, 7) is 12.1. The molecule has 4 nitrogen and oxygen atoms in total. The summed E-state index contributed by atoms with van der Waals surface area (Å²) in [6.07, 6.45) is 0.734. The van der Waals surface area contributed by atoms with Gasteiger partial charge in [-0.1, -0.05) is 39.0 Å². The zero-order valence-electron chi connectivity index (χ0n) is 17.1. The Hall–Kier alpha value is -2.49. The predicted octanol–water partition coefficient (Wildman–Crippen LogP) is 4.75. The fourth-order valence-electron chi connectivity index (χ4n) is 2.80. The van der Waals surface area contributed by atoms with Gasteiger partial charge < -0.3 is 14.8 Å². The van der Waals surface area contributed by atoms with E-state index in [0.29, 0.717) is 25.3 Å². The van der Waals surface area contributed by atoms with Gasteiger partial charge in [-0.25, -0.2) is 0 Å². The lowest BCUT2D eigenvalue weighted by Gasteiger charge is -2.19. The fraction of sp³-hybridized carbons (Fsp3) is 0.435. The second kappa shape index (κ2) is 9.45. The van der Waals surface area contributed by atoms with Crippen LogP contribution in [0.1, 0.15) is 56.1 Å². The molecule has 0 aliphatic carbocycles. The van der Waals surface area contributed by atoms with Gasteiger partial charge >= 0.3 is 0 Å². The van der Waals surface area contributed by atoms with Crippen LogP contribution in [0.15, 0.2) is 42.5 Å². The van der Waals surface area contributed by atoms with E-state index in [1.165, 1.54) is 5.56 Å². The van der Waals surface area contributed by atoms with Crippen LogP contribution in [0.25, 0.3) is 0 Å². The van der Waals surface area contributed by atoms with E-state index in [-0.39, 0.29) is 11.3 Å². The van der Waals surface area contributed by atoms with Crippen molar-refractivity contribution in [3.05, 3.63) is 59.2 Å². The second-order valence-electron chi connectivity index (χ2n) is 7.48. The van der Waals surface area contributed by atoms with Crippen LogP contribution in [0.3, 0.4) is 0 Å². The molecule has 2 rings (SSSR count). The van der Waals surface area contributed by atoms with E-state index in [9.17, 15) is 4.79 Å². The quantitative estimate of drug-likeness (QED) is 0.730. The third-order valence-electron chi connectivity index (χ3n) is 4.32. The summed E-state index contributed by atoms with van der Waals surface area (Å²) >= 11 is 0. The van der Waals surface area contributed by atoms with Crippen LogP contribution in [0, 0.1) is 0 Å². The van der Waals surface area contributed by atoms with Gasteiger partial charge in [0.05, 0.1) is 13.2 Å². The Bertz CT molecular complexity index is 745. The first-order chi connectivity index (χ1) is 12.8. The first-order valence-corrected chi connectivity index (χ1v) is 9.62. The summed E-state index contributed by atoms with van der Waals surface area (Å²) in [6, 6.07) is 13.7.